The first-order valence-electron chi connectivity index (χ1n) is 6.12. The van der Waals surface area contributed by atoms with Gasteiger partial charge in [-0.15, -0.1) is 0 Å². The van der Waals surface area contributed by atoms with Crippen molar-refractivity contribution in [1.29, 1.82) is 0 Å². The highest BCUT2D eigenvalue weighted by atomic mass is 19.4. The summed E-state index contributed by atoms with van der Waals surface area (Å²) in [6.45, 7) is 3.40. The van der Waals surface area contributed by atoms with Crippen molar-refractivity contribution in [3.63, 3.8) is 0 Å². The fourth-order valence-corrected chi connectivity index (χ4v) is 2.97. The van der Waals surface area contributed by atoms with Gasteiger partial charge in [0, 0.05) is 30.9 Å². The maximum atomic E-state index is 12.8. The number of aryl methyl sites for hydroxylation is 1. The second-order valence-corrected chi connectivity index (χ2v) is 5.20. The Morgan fingerprint density at radius 1 is 1.28 bits per heavy atom. The molecule has 2 nitrogen and oxygen atoms in total. The van der Waals surface area contributed by atoms with Crippen molar-refractivity contribution in [2.45, 2.75) is 31.6 Å². The van der Waals surface area contributed by atoms with Crippen molar-refractivity contribution in [2.75, 3.05) is 18.0 Å². The number of halogens is 3. The van der Waals surface area contributed by atoms with E-state index < -0.39 is 11.7 Å². The highest BCUT2D eigenvalue weighted by Crippen LogP contribution is 2.35. The molecule has 2 bridgehead atoms. The van der Waals surface area contributed by atoms with Crippen LogP contribution in [0.2, 0.25) is 0 Å². The molecule has 1 unspecified atom stereocenters. The van der Waals surface area contributed by atoms with E-state index in [-0.39, 0.29) is 0 Å². The molecule has 2 aliphatic rings. The first-order chi connectivity index (χ1) is 8.43. The molecule has 0 spiro atoms. The molecule has 2 heterocycles. The molecular formula is C13H15F3N2. The first kappa shape index (κ1) is 11.8. The quantitative estimate of drug-likeness (QED) is 0.830. The van der Waals surface area contributed by atoms with Crippen LogP contribution in [0.3, 0.4) is 0 Å². The standard InChI is InChI=1S/C13H15F3N2/c1-8-2-9(13(14,15)16)4-11(3-8)18-7-10-5-12(18)6-17-10/h2-4,10,12,17H,5-7H2,1H3/t10?,12-/m0/s1. The van der Waals surface area contributed by atoms with Crippen LogP contribution in [0.25, 0.3) is 0 Å². The Morgan fingerprint density at radius 2 is 2.06 bits per heavy atom. The summed E-state index contributed by atoms with van der Waals surface area (Å²) >= 11 is 0. The summed E-state index contributed by atoms with van der Waals surface area (Å²) in [5.74, 6) is 0. The van der Waals surface area contributed by atoms with Crippen molar-refractivity contribution in [2.24, 2.45) is 0 Å². The zero-order valence-electron chi connectivity index (χ0n) is 10.1. The van der Waals surface area contributed by atoms with Crippen molar-refractivity contribution >= 4 is 5.69 Å². The van der Waals surface area contributed by atoms with Gasteiger partial charge in [-0.05, 0) is 37.1 Å². The third-order valence-electron chi connectivity index (χ3n) is 3.78. The van der Waals surface area contributed by atoms with Gasteiger partial charge in [0.15, 0.2) is 0 Å². The molecule has 1 aromatic rings. The lowest BCUT2D eigenvalue weighted by Gasteiger charge is -2.30. The highest BCUT2D eigenvalue weighted by molar-refractivity contribution is 5.54. The largest absolute Gasteiger partial charge is 0.416 e. The van der Waals surface area contributed by atoms with Crippen molar-refractivity contribution in [3.05, 3.63) is 29.3 Å². The van der Waals surface area contributed by atoms with Gasteiger partial charge in [-0.25, -0.2) is 0 Å². The zero-order chi connectivity index (χ0) is 12.9. The first-order valence-corrected chi connectivity index (χ1v) is 6.12. The van der Waals surface area contributed by atoms with E-state index in [1.807, 2.05) is 6.07 Å². The van der Waals surface area contributed by atoms with E-state index >= 15 is 0 Å². The summed E-state index contributed by atoms with van der Waals surface area (Å²) in [5.41, 5.74) is 0.820. The lowest BCUT2D eigenvalue weighted by Crippen LogP contribution is -2.43. The van der Waals surface area contributed by atoms with Gasteiger partial charge in [-0.1, -0.05) is 0 Å². The number of nitrogens with one attached hydrogen (secondary N) is 1. The second-order valence-electron chi connectivity index (χ2n) is 5.20. The third kappa shape index (κ3) is 1.96. The van der Waals surface area contributed by atoms with Crippen LogP contribution in [0.15, 0.2) is 18.2 Å². The summed E-state index contributed by atoms with van der Waals surface area (Å²) < 4.78 is 38.4. The molecule has 0 saturated carbocycles. The molecule has 0 aromatic heterocycles. The molecule has 1 aromatic carbocycles. The Kier molecular flexibility index (Phi) is 2.55. The number of anilines is 1. The minimum Gasteiger partial charge on any atom is -0.366 e. The molecule has 2 saturated heterocycles. The molecular weight excluding hydrogens is 241 g/mol. The Hall–Kier alpha value is -1.23. The molecule has 0 aliphatic carbocycles. The molecule has 0 radical (unpaired) electrons. The van der Waals surface area contributed by atoms with Crippen LogP contribution in [0.4, 0.5) is 18.9 Å². The maximum Gasteiger partial charge on any atom is 0.416 e. The van der Waals surface area contributed by atoms with Crippen molar-refractivity contribution in [3.8, 4) is 0 Å². The van der Waals surface area contributed by atoms with Gasteiger partial charge in [0.2, 0.25) is 0 Å². The number of nitrogens with zero attached hydrogens (tertiary/aromatic N) is 1. The highest BCUT2D eigenvalue weighted by Gasteiger charge is 2.38. The summed E-state index contributed by atoms with van der Waals surface area (Å²) in [6, 6.07) is 5.10. The van der Waals surface area contributed by atoms with Crippen LogP contribution in [0.5, 0.6) is 0 Å². The van der Waals surface area contributed by atoms with E-state index in [4.69, 9.17) is 0 Å². The van der Waals surface area contributed by atoms with Gasteiger partial charge in [0.1, 0.15) is 0 Å². The topological polar surface area (TPSA) is 15.3 Å². The second kappa shape index (κ2) is 3.88. The minimum absolute atomic E-state index is 0.345. The molecule has 0 amide bonds. The van der Waals surface area contributed by atoms with E-state index in [2.05, 4.69) is 10.2 Å². The predicted molar refractivity (Wildman–Crippen MR) is 63.7 cm³/mol. The molecule has 3 rings (SSSR count). The molecule has 2 atom stereocenters. The molecule has 5 heteroatoms. The van der Waals surface area contributed by atoms with Crippen LogP contribution in [-0.2, 0) is 6.18 Å². The summed E-state index contributed by atoms with van der Waals surface area (Å²) in [7, 11) is 0. The zero-order valence-corrected chi connectivity index (χ0v) is 10.1. The number of rotatable bonds is 1. The average molecular weight is 256 g/mol. The van der Waals surface area contributed by atoms with Crippen LogP contribution < -0.4 is 10.2 Å². The van der Waals surface area contributed by atoms with Crippen LogP contribution in [0, 0.1) is 6.92 Å². The lowest BCUT2D eigenvalue weighted by atomic mass is 10.1. The molecule has 18 heavy (non-hydrogen) atoms. The fourth-order valence-electron chi connectivity index (χ4n) is 2.97. The molecule has 2 aliphatic heterocycles. The number of piperazine rings is 1. The predicted octanol–water partition coefficient (Wildman–Crippen LogP) is 2.56. The molecule has 1 N–H and O–H groups in total. The number of hydrogen-bond donors (Lipinski definition) is 1. The van der Waals surface area contributed by atoms with E-state index in [0.717, 1.165) is 19.5 Å². The van der Waals surface area contributed by atoms with Crippen LogP contribution in [-0.4, -0.2) is 25.2 Å². The van der Waals surface area contributed by atoms with Gasteiger partial charge in [-0.2, -0.15) is 13.2 Å². The summed E-state index contributed by atoms with van der Waals surface area (Å²) in [5, 5.41) is 3.35. The maximum absolute atomic E-state index is 12.8. The Labute approximate surface area is 104 Å². The molecule has 98 valence electrons. The van der Waals surface area contributed by atoms with Crippen LogP contribution >= 0.6 is 0 Å². The summed E-state index contributed by atoms with van der Waals surface area (Å²) in [4.78, 5) is 2.10. The number of benzene rings is 1. The van der Waals surface area contributed by atoms with E-state index in [9.17, 15) is 13.2 Å². The van der Waals surface area contributed by atoms with Gasteiger partial charge in [-0.3, -0.25) is 0 Å². The van der Waals surface area contributed by atoms with Gasteiger partial charge in [0.05, 0.1) is 5.56 Å². The average Bonchev–Trinajstić information content (AvgIpc) is 2.88. The SMILES string of the molecule is Cc1cc(N2CC3C[C@H]2CN3)cc(C(F)(F)F)c1. The van der Waals surface area contributed by atoms with Crippen LogP contribution in [0.1, 0.15) is 17.5 Å². The number of hydrogen-bond acceptors (Lipinski definition) is 2. The minimum atomic E-state index is -4.27. The fraction of sp³-hybridized carbons (Fsp3) is 0.538. The molecule has 2 fully saturated rings. The Balaban J connectivity index is 1.95. The Bertz CT molecular complexity index is 470. The van der Waals surface area contributed by atoms with Gasteiger partial charge >= 0.3 is 6.18 Å². The monoisotopic (exact) mass is 256 g/mol. The van der Waals surface area contributed by atoms with Crippen molar-refractivity contribution < 1.29 is 13.2 Å². The Morgan fingerprint density at radius 3 is 2.61 bits per heavy atom. The van der Waals surface area contributed by atoms with E-state index in [1.165, 1.54) is 12.1 Å². The smallest absolute Gasteiger partial charge is 0.366 e. The van der Waals surface area contributed by atoms with Gasteiger partial charge < -0.3 is 10.2 Å². The number of fused-ring (bicyclic) bond motifs is 2. The van der Waals surface area contributed by atoms with E-state index in [1.54, 1.807) is 6.92 Å². The summed E-state index contributed by atoms with van der Waals surface area (Å²) in [6.07, 6.45) is -3.23. The van der Waals surface area contributed by atoms with Crippen molar-refractivity contribution in [1.82, 2.24) is 5.32 Å². The lowest BCUT2D eigenvalue weighted by molar-refractivity contribution is -0.137. The van der Waals surface area contributed by atoms with E-state index in [0.29, 0.717) is 23.3 Å². The third-order valence-corrected chi connectivity index (χ3v) is 3.78. The van der Waals surface area contributed by atoms with Gasteiger partial charge in [0.25, 0.3) is 0 Å². The number of alkyl halides is 3. The normalized spacial score (nSPS) is 27.0.